The van der Waals surface area contributed by atoms with Gasteiger partial charge in [0.2, 0.25) is 0 Å². The Kier molecular flexibility index (Phi) is 4.55. The van der Waals surface area contributed by atoms with Crippen molar-refractivity contribution in [3.8, 4) is 56.4 Å². The number of rotatable bonds is 5. The molecule has 9 aromatic rings. The molecule has 0 aliphatic rings. The third-order valence-electron chi connectivity index (χ3n) is 8.27. The van der Waals surface area contributed by atoms with Crippen LogP contribution < -0.4 is 0 Å². The molecule has 0 radical (unpaired) electrons. The van der Waals surface area contributed by atoms with E-state index in [2.05, 4.69) is 0 Å². The summed E-state index contributed by atoms with van der Waals surface area (Å²) in [6, 6.07) is 28.0. The molecular formula is C45H29N3. The van der Waals surface area contributed by atoms with Gasteiger partial charge in [0.05, 0.1) is 15.1 Å². The molecule has 9 rings (SSSR count). The Hall–Kier alpha value is -6.45. The van der Waals surface area contributed by atoms with Crippen molar-refractivity contribution < 1.29 is 15.1 Å². The number of benzene rings is 8. The van der Waals surface area contributed by atoms with E-state index in [4.69, 9.17) is 27.3 Å². The smallest absolute Gasteiger partial charge is 0.164 e. The monoisotopic (exact) mass is 622 g/mol. The molecule has 0 unspecified atom stereocenters. The van der Waals surface area contributed by atoms with Gasteiger partial charge >= 0.3 is 0 Å². The standard InChI is InChI=1S/C45H29N3/c1-2-13-35-29-38(27-24-30(35)10-1)44-46-43(47-45(48-44)42-21-9-15-33-12-4-6-19-41(33)42)37-17-7-16-36(28-37)31-22-25-34(26-23-31)40-20-8-14-32-11-3-5-18-39(32)40/h1-29H/i3D,5D,8D,11D,14D,18D,20D,22D,23D,25D,26D. The van der Waals surface area contributed by atoms with Crippen LogP contribution in [0.3, 0.4) is 0 Å². The lowest BCUT2D eigenvalue weighted by atomic mass is 9.96. The van der Waals surface area contributed by atoms with Crippen molar-refractivity contribution in [2.45, 2.75) is 0 Å². The molecule has 1 aromatic heterocycles. The highest BCUT2D eigenvalue weighted by atomic mass is 15.0. The van der Waals surface area contributed by atoms with E-state index in [1.54, 1.807) is 24.3 Å². The van der Waals surface area contributed by atoms with Gasteiger partial charge in [-0.05, 0) is 66.7 Å². The average Bonchev–Trinajstić information content (AvgIpc) is 3.26. The van der Waals surface area contributed by atoms with E-state index in [-0.39, 0.29) is 21.9 Å². The SMILES string of the molecule is [2H]c1c([2H])c(-c2c([2H])c([2H])c([2H])c3c([2H])c([2H])c([2H])c([2H])c23)c([2H])c([2H])c1-c1cccc(-c2nc(-c3ccc4ccccc4c3)nc(-c3cccc4ccccc34)n2)c1. The Morgan fingerprint density at radius 1 is 0.333 bits per heavy atom. The maximum absolute atomic E-state index is 9.19. The Labute approximate surface area is 294 Å². The molecule has 3 heteroatoms. The van der Waals surface area contributed by atoms with Gasteiger partial charge in [0.25, 0.3) is 0 Å². The molecule has 0 N–H and O–H groups in total. The lowest BCUT2D eigenvalue weighted by Gasteiger charge is -2.12. The van der Waals surface area contributed by atoms with E-state index < -0.39 is 72.0 Å². The van der Waals surface area contributed by atoms with Crippen LogP contribution in [0.2, 0.25) is 0 Å². The Balaban J connectivity index is 1.24. The molecule has 1 heterocycles. The molecule has 0 aliphatic carbocycles. The summed E-state index contributed by atoms with van der Waals surface area (Å²) in [6.07, 6.45) is 0. The van der Waals surface area contributed by atoms with Crippen molar-refractivity contribution in [1.29, 1.82) is 0 Å². The van der Waals surface area contributed by atoms with Gasteiger partial charge in [-0.3, -0.25) is 0 Å². The first-order chi connectivity index (χ1) is 28.3. The van der Waals surface area contributed by atoms with Crippen LogP contribution in [0, 0.1) is 0 Å². The summed E-state index contributed by atoms with van der Waals surface area (Å²) in [5.74, 6) is 1.15. The van der Waals surface area contributed by atoms with Crippen LogP contribution in [-0.2, 0) is 0 Å². The third-order valence-corrected chi connectivity index (χ3v) is 8.27. The summed E-state index contributed by atoms with van der Waals surface area (Å²) >= 11 is 0. The molecule has 8 aromatic carbocycles. The first-order valence-corrected chi connectivity index (χ1v) is 15.3. The minimum Gasteiger partial charge on any atom is -0.208 e. The highest BCUT2D eigenvalue weighted by molar-refractivity contribution is 5.97. The zero-order valence-electron chi connectivity index (χ0n) is 36.2. The van der Waals surface area contributed by atoms with Gasteiger partial charge in [-0.2, -0.15) is 0 Å². The van der Waals surface area contributed by atoms with Crippen molar-refractivity contribution in [3.05, 3.63) is 176 Å². The van der Waals surface area contributed by atoms with E-state index in [9.17, 15) is 2.74 Å². The summed E-state index contributed by atoms with van der Waals surface area (Å²) in [4.78, 5) is 14.9. The van der Waals surface area contributed by atoms with E-state index >= 15 is 0 Å². The van der Waals surface area contributed by atoms with Crippen LogP contribution in [-0.4, -0.2) is 15.0 Å². The fourth-order valence-electron chi connectivity index (χ4n) is 5.90. The third kappa shape index (κ3) is 5.08. The minimum absolute atomic E-state index is 0.0652. The largest absolute Gasteiger partial charge is 0.208 e. The average molecular weight is 623 g/mol. The molecule has 0 fully saturated rings. The van der Waals surface area contributed by atoms with E-state index in [0.717, 1.165) is 32.7 Å². The van der Waals surface area contributed by atoms with Gasteiger partial charge < -0.3 is 0 Å². The topological polar surface area (TPSA) is 38.7 Å². The van der Waals surface area contributed by atoms with Gasteiger partial charge in [-0.15, -0.1) is 0 Å². The van der Waals surface area contributed by atoms with Crippen molar-refractivity contribution in [2.75, 3.05) is 0 Å². The summed E-state index contributed by atoms with van der Waals surface area (Å²) < 4.78 is 96.1. The molecule has 224 valence electrons. The zero-order valence-corrected chi connectivity index (χ0v) is 25.2. The second-order valence-corrected chi connectivity index (χ2v) is 11.2. The molecule has 0 amide bonds. The molecule has 0 bridgehead atoms. The summed E-state index contributed by atoms with van der Waals surface area (Å²) in [7, 11) is 0. The van der Waals surface area contributed by atoms with Gasteiger partial charge in [0.15, 0.2) is 17.5 Å². The molecule has 0 atom stereocenters. The van der Waals surface area contributed by atoms with E-state index in [0.29, 0.717) is 28.6 Å². The lowest BCUT2D eigenvalue weighted by molar-refractivity contribution is 1.08. The fraction of sp³-hybridized carbons (Fsp3) is 0. The van der Waals surface area contributed by atoms with Crippen molar-refractivity contribution >= 4 is 32.3 Å². The van der Waals surface area contributed by atoms with Gasteiger partial charge in [0.1, 0.15) is 0 Å². The second kappa shape index (κ2) is 11.7. The maximum Gasteiger partial charge on any atom is 0.164 e. The predicted octanol–water partition coefficient (Wildman–Crippen LogP) is 11.7. The number of fused-ring (bicyclic) bond motifs is 3. The van der Waals surface area contributed by atoms with Crippen LogP contribution in [0.1, 0.15) is 15.1 Å². The number of hydrogen-bond acceptors (Lipinski definition) is 3. The predicted molar refractivity (Wildman–Crippen MR) is 200 cm³/mol. The van der Waals surface area contributed by atoms with E-state index in [1.807, 2.05) is 84.9 Å². The number of aromatic nitrogens is 3. The summed E-state index contributed by atoms with van der Waals surface area (Å²) in [5, 5.41) is 3.36. The Morgan fingerprint density at radius 2 is 0.979 bits per heavy atom. The Morgan fingerprint density at radius 3 is 1.85 bits per heavy atom. The molecule has 0 saturated heterocycles. The number of hydrogen-bond donors (Lipinski definition) is 0. The minimum atomic E-state index is -0.672. The van der Waals surface area contributed by atoms with Gasteiger partial charge in [-0.1, -0.05) is 164 Å². The van der Waals surface area contributed by atoms with Gasteiger partial charge in [-0.25, -0.2) is 15.0 Å². The van der Waals surface area contributed by atoms with Crippen molar-refractivity contribution in [3.63, 3.8) is 0 Å². The number of nitrogens with zero attached hydrogens (tertiary/aromatic N) is 3. The molecular weight excluding hydrogens is 583 g/mol. The summed E-state index contributed by atoms with van der Waals surface area (Å²) in [6.45, 7) is 0. The molecule has 3 nitrogen and oxygen atoms in total. The highest BCUT2D eigenvalue weighted by Gasteiger charge is 2.15. The van der Waals surface area contributed by atoms with E-state index in [1.165, 1.54) is 0 Å². The molecule has 0 saturated carbocycles. The maximum atomic E-state index is 9.19. The lowest BCUT2D eigenvalue weighted by Crippen LogP contribution is -2.00. The second-order valence-electron chi connectivity index (χ2n) is 11.2. The fourth-order valence-corrected chi connectivity index (χ4v) is 5.90. The quantitative estimate of drug-likeness (QED) is 0.192. The normalized spacial score (nSPS) is 14.5. The van der Waals surface area contributed by atoms with Crippen LogP contribution in [0.4, 0.5) is 0 Å². The van der Waals surface area contributed by atoms with Crippen LogP contribution in [0.25, 0.3) is 88.7 Å². The van der Waals surface area contributed by atoms with Gasteiger partial charge in [0, 0.05) is 16.7 Å². The first-order valence-electron chi connectivity index (χ1n) is 20.8. The Bertz CT molecular complexity index is 3220. The molecule has 0 spiro atoms. The molecule has 0 aliphatic heterocycles. The summed E-state index contributed by atoms with van der Waals surface area (Å²) in [5.41, 5.74) is 1.52. The first kappa shape index (κ1) is 18.6. The molecule has 48 heavy (non-hydrogen) atoms. The van der Waals surface area contributed by atoms with Crippen LogP contribution in [0.15, 0.2) is 176 Å². The van der Waals surface area contributed by atoms with Crippen LogP contribution in [0.5, 0.6) is 0 Å². The van der Waals surface area contributed by atoms with Crippen molar-refractivity contribution in [1.82, 2.24) is 15.0 Å². The van der Waals surface area contributed by atoms with Crippen LogP contribution >= 0.6 is 0 Å². The van der Waals surface area contributed by atoms with Crippen molar-refractivity contribution in [2.24, 2.45) is 0 Å². The zero-order chi connectivity index (χ0) is 41.4. The highest BCUT2D eigenvalue weighted by Crippen LogP contribution is 2.34.